The Morgan fingerprint density at radius 1 is 1.44 bits per heavy atom. The Morgan fingerprint density at radius 3 is 2.89 bits per heavy atom. The monoisotopic (exact) mass is 311 g/mol. The molecule has 1 heterocycles. The van der Waals surface area contributed by atoms with Gasteiger partial charge in [0.2, 0.25) is 0 Å². The molecule has 2 nitrogen and oxygen atoms in total. The maximum Gasteiger partial charge on any atom is 0.0750 e. The highest BCUT2D eigenvalue weighted by molar-refractivity contribution is 9.08. The van der Waals surface area contributed by atoms with E-state index in [0.29, 0.717) is 6.10 Å². The lowest BCUT2D eigenvalue weighted by atomic mass is 10.1. The third-order valence-electron chi connectivity index (χ3n) is 3.55. The Balaban J connectivity index is 2.15. The summed E-state index contributed by atoms with van der Waals surface area (Å²) in [7, 11) is 0. The molecular weight excluding hydrogens is 290 g/mol. The van der Waals surface area contributed by atoms with Gasteiger partial charge in [-0.3, -0.25) is 0 Å². The van der Waals surface area contributed by atoms with Crippen LogP contribution in [0.15, 0.2) is 18.2 Å². The van der Waals surface area contributed by atoms with E-state index in [9.17, 15) is 0 Å². The fourth-order valence-electron chi connectivity index (χ4n) is 2.56. The van der Waals surface area contributed by atoms with Crippen molar-refractivity contribution >= 4 is 21.6 Å². The molecule has 100 valence electrons. The summed E-state index contributed by atoms with van der Waals surface area (Å²) in [4.78, 5) is 2.44. The van der Waals surface area contributed by atoms with Gasteiger partial charge in [0.15, 0.2) is 0 Å². The number of hydrogen-bond acceptors (Lipinski definition) is 2. The van der Waals surface area contributed by atoms with Gasteiger partial charge in [0, 0.05) is 30.7 Å². The second-order valence-electron chi connectivity index (χ2n) is 4.94. The molecule has 0 radical (unpaired) electrons. The van der Waals surface area contributed by atoms with Crippen LogP contribution in [0.1, 0.15) is 30.9 Å². The number of ether oxygens (including phenoxy) is 1. The summed E-state index contributed by atoms with van der Waals surface area (Å²) >= 11 is 3.59. The predicted molar refractivity (Wildman–Crippen MR) is 80.7 cm³/mol. The second kappa shape index (κ2) is 6.58. The zero-order valence-electron chi connectivity index (χ0n) is 11.3. The van der Waals surface area contributed by atoms with Crippen LogP contribution >= 0.6 is 15.9 Å². The third kappa shape index (κ3) is 3.27. The number of benzene rings is 1. The van der Waals surface area contributed by atoms with Crippen LogP contribution in [0.2, 0.25) is 0 Å². The molecule has 0 saturated carbocycles. The first-order valence-corrected chi connectivity index (χ1v) is 7.88. The van der Waals surface area contributed by atoms with Crippen molar-refractivity contribution in [3.05, 3.63) is 29.3 Å². The first-order chi connectivity index (χ1) is 8.74. The molecule has 2 rings (SSSR count). The molecule has 1 aromatic carbocycles. The zero-order valence-corrected chi connectivity index (χ0v) is 12.9. The van der Waals surface area contributed by atoms with Crippen molar-refractivity contribution in [2.75, 3.05) is 24.6 Å². The number of aryl methyl sites for hydroxylation is 1. The molecule has 1 saturated heterocycles. The van der Waals surface area contributed by atoms with Crippen LogP contribution in [-0.4, -0.2) is 25.8 Å². The van der Waals surface area contributed by atoms with Gasteiger partial charge in [-0.05, 0) is 38.3 Å². The predicted octanol–water partition coefficient (Wildman–Crippen LogP) is 3.90. The first-order valence-electron chi connectivity index (χ1n) is 6.76. The molecule has 0 spiro atoms. The van der Waals surface area contributed by atoms with E-state index in [1.807, 2.05) is 0 Å². The van der Waals surface area contributed by atoms with Gasteiger partial charge in [0.05, 0.1) is 6.10 Å². The van der Waals surface area contributed by atoms with Crippen LogP contribution in [-0.2, 0) is 10.1 Å². The van der Waals surface area contributed by atoms with E-state index in [1.54, 1.807) is 0 Å². The van der Waals surface area contributed by atoms with Crippen molar-refractivity contribution in [1.29, 1.82) is 0 Å². The summed E-state index contributed by atoms with van der Waals surface area (Å²) in [5.74, 6) is 0. The number of hydrogen-bond donors (Lipinski definition) is 0. The molecule has 0 aromatic heterocycles. The molecule has 1 aromatic rings. The smallest absolute Gasteiger partial charge is 0.0750 e. The second-order valence-corrected chi connectivity index (χ2v) is 5.50. The number of likely N-dealkylation sites (N-methyl/N-ethyl adjacent to an activating group) is 1. The van der Waals surface area contributed by atoms with Crippen molar-refractivity contribution in [3.8, 4) is 0 Å². The lowest BCUT2D eigenvalue weighted by Gasteiger charge is -2.28. The highest BCUT2D eigenvalue weighted by atomic mass is 79.9. The summed E-state index contributed by atoms with van der Waals surface area (Å²) in [5, 5.41) is 0.909. The summed E-state index contributed by atoms with van der Waals surface area (Å²) in [6.07, 6.45) is 2.82. The molecule has 1 aliphatic heterocycles. The first kappa shape index (κ1) is 13.9. The molecule has 3 heteroatoms. The van der Waals surface area contributed by atoms with E-state index in [4.69, 9.17) is 4.74 Å². The average molecular weight is 312 g/mol. The van der Waals surface area contributed by atoms with Gasteiger partial charge in [0.25, 0.3) is 0 Å². The molecule has 0 bridgehead atoms. The highest BCUT2D eigenvalue weighted by Gasteiger charge is 2.19. The van der Waals surface area contributed by atoms with Gasteiger partial charge in [-0.15, -0.1) is 0 Å². The molecule has 1 atom stereocenters. The molecule has 0 N–H and O–H groups in total. The molecular formula is C15H22BrNO. The van der Waals surface area contributed by atoms with E-state index < -0.39 is 0 Å². The lowest BCUT2D eigenvalue weighted by Crippen LogP contribution is -2.32. The largest absolute Gasteiger partial charge is 0.376 e. The number of rotatable bonds is 5. The van der Waals surface area contributed by atoms with E-state index >= 15 is 0 Å². The SMILES string of the molecule is CCN(CC1CCCO1)c1ccc(C)cc1CBr. The van der Waals surface area contributed by atoms with Crippen molar-refractivity contribution in [2.24, 2.45) is 0 Å². The van der Waals surface area contributed by atoms with E-state index in [2.05, 4.69) is 52.9 Å². The van der Waals surface area contributed by atoms with E-state index in [1.165, 1.54) is 29.7 Å². The van der Waals surface area contributed by atoms with Gasteiger partial charge in [-0.1, -0.05) is 33.6 Å². The standard InChI is InChI=1S/C15H22BrNO/c1-3-17(11-14-5-4-8-18-14)15-7-6-12(2)9-13(15)10-16/h6-7,9,14H,3-5,8,10-11H2,1-2H3. The molecule has 1 unspecified atom stereocenters. The molecule has 18 heavy (non-hydrogen) atoms. The van der Waals surface area contributed by atoms with Crippen molar-refractivity contribution in [2.45, 2.75) is 38.1 Å². The molecule has 1 fully saturated rings. The van der Waals surface area contributed by atoms with Crippen LogP contribution < -0.4 is 4.90 Å². The fraction of sp³-hybridized carbons (Fsp3) is 0.600. The number of anilines is 1. The van der Waals surface area contributed by atoms with Crippen LogP contribution in [0.4, 0.5) is 5.69 Å². The summed E-state index contributed by atoms with van der Waals surface area (Å²) < 4.78 is 5.75. The van der Waals surface area contributed by atoms with Gasteiger partial charge in [-0.2, -0.15) is 0 Å². The Hall–Kier alpha value is -0.540. The molecule has 0 aliphatic carbocycles. The summed E-state index contributed by atoms with van der Waals surface area (Å²) in [6.45, 7) is 7.34. The van der Waals surface area contributed by atoms with Crippen LogP contribution in [0, 0.1) is 6.92 Å². The number of halogens is 1. The van der Waals surface area contributed by atoms with Gasteiger partial charge >= 0.3 is 0 Å². The average Bonchev–Trinajstić information content (AvgIpc) is 2.89. The maximum atomic E-state index is 5.75. The van der Waals surface area contributed by atoms with Crippen molar-refractivity contribution in [1.82, 2.24) is 0 Å². The van der Waals surface area contributed by atoms with Crippen molar-refractivity contribution < 1.29 is 4.74 Å². The maximum absolute atomic E-state index is 5.75. The highest BCUT2D eigenvalue weighted by Crippen LogP contribution is 2.26. The Labute approximate surface area is 118 Å². The molecule has 0 amide bonds. The normalized spacial score (nSPS) is 19.2. The van der Waals surface area contributed by atoms with E-state index in [-0.39, 0.29) is 0 Å². The molecule has 1 aliphatic rings. The topological polar surface area (TPSA) is 12.5 Å². The van der Waals surface area contributed by atoms with Gasteiger partial charge in [-0.25, -0.2) is 0 Å². The summed E-state index contributed by atoms with van der Waals surface area (Å²) in [5.41, 5.74) is 4.03. The van der Waals surface area contributed by atoms with Crippen LogP contribution in [0.5, 0.6) is 0 Å². The van der Waals surface area contributed by atoms with Gasteiger partial charge in [0.1, 0.15) is 0 Å². The Bertz CT molecular complexity index is 388. The Morgan fingerprint density at radius 2 is 2.28 bits per heavy atom. The van der Waals surface area contributed by atoms with Crippen molar-refractivity contribution in [3.63, 3.8) is 0 Å². The van der Waals surface area contributed by atoms with E-state index in [0.717, 1.165) is 25.0 Å². The minimum absolute atomic E-state index is 0.412. The minimum Gasteiger partial charge on any atom is -0.376 e. The lowest BCUT2D eigenvalue weighted by molar-refractivity contribution is 0.115. The summed E-state index contributed by atoms with van der Waals surface area (Å²) in [6, 6.07) is 6.70. The quantitative estimate of drug-likeness (QED) is 0.765. The van der Waals surface area contributed by atoms with Crippen LogP contribution in [0.25, 0.3) is 0 Å². The van der Waals surface area contributed by atoms with Crippen LogP contribution in [0.3, 0.4) is 0 Å². The zero-order chi connectivity index (χ0) is 13.0. The number of nitrogens with zero attached hydrogens (tertiary/aromatic N) is 1. The number of alkyl halides is 1. The Kier molecular flexibility index (Phi) is 5.07. The fourth-order valence-corrected chi connectivity index (χ4v) is 3.01. The van der Waals surface area contributed by atoms with Gasteiger partial charge < -0.3 is 9.64 Å². The minimum atomic E-state index is 0.412. The third-order valence-corrected chi connectivity index (χ3v) is 4.15.